The van der Waals surface area contributed by atoms with Crippen LogP contribution < -0.4 is 15.3 Å². The van der Waals surface area contributed by atoms with Crippen molar-refractivity contribution in [3.63, 3.8) is 0 Å². The SMILES string of the molecule is COc1cccc(N2CCN(CCn3cc[nH]c3=O)[C@H](C)C2=O)c1. The van der Waals surface area contributed by atoms with Crippen LogP contribution in [0, 0.1) is 0 Å². The molecule has 7 nitrogen and oxygen atoms in total. The fourth-order valence-electron chi connectivity index (χ4n) is 3.02. The molecule has 1 saturated heterocycles. The number of nitrogens with one attached hydrogen (secondary N) is 1. The number of anilines is 1. The molecule has 1 aliphatic rings. The van der Waals surface area contributed by atoms with E-state index in [1.807, 2.05) is 31.2 Å². The number of hydrogen-bond donors (Lipinski definition) is 1. The first-order chi connectivity index (χ1) is 11.6. The van der Waals surface area contributed by atoms with Crippen molar-refractivity contribution in [2.45, 2.75) is 19.5 Å². The van der Waals surface area contributed by atoms with Gasteiger partial charge in [0.15, 0.2) is 0 Å². The van der Waals surface area contributed by atoms with Crippen LogP contribution >= 0.6 is 0 Å². The molecule has 0 spiro atoms. The number of benzene rings is 1. The molecule has 1 aromatic carbocycles. The van der Waals surface area contributed by atoms with Crippen molar-refractivity contribution in [2.24, 2.45) is 0 Å². The molecule has 0 aliphatic carbocycles. The maximum Gasteiger partial charge on any atom is 0.325 e. The van der Waals surface area contributed by atoms with Gasteiger partial charge >= 0.3 is 5.69 Å². The average Bonchev–Trinajstić information content (AvgIpc) is 3.01. The van der Waals surface area contributed by atoms with Crippen LogP contribution in [-0.4, -0.2) is 53.1 Å². The van der Waals surface area contributed by atoms with Gasteiger partial charge in [-0.25, -0.2) is 4.79 Å². The topological polar surface area (TPSA) is 70.6 Å². The zero-order valence-electron chi connectivity index (χ0n) is 13.9. The Balaban J connectivity index is 1.67. The molecule has 7 heteroatoms. The van der Waals surface area contributed by atoms with Gasteiger partial charge in [0.2, 0.25) is 5.91 Å². The zero-order chi connectivity index (χ0) is 17.1. The molecule has 1 aliphatic heterocycles. The number of aromatic amines is 1. The second-order valence-corrected chi connectivity index (χ2v) is 5.86. The Morgan fingerprint density at radius 1 is 1.25 bits per heavy atom. The van der Waals surface area contributed by atoms with E-state index in [1.165, 1.54) is 0 Å². The number of piperazine rings is 1. The summed E-state index contributed by atoms with van der Waals surface area (Å²) in [7, 11) is 1.62. The van der Waals surface area contributed by atoms with Crippen molar-refractivity contribution < 1.29 is 9.53 Å². The number of H-pyrrole nitrogens is 1. The molecule has 0 unspecified atom stereocenters. The third kappa shape index (κ3) is 3.21. The molecule has 0 radical (unpaired) electrons. The van der Waals surface area contributed by atoms with Crippen LogP contribution in [-0.2, 0) is 11.3 Å². The molecule has 1 N–H and O–H groups in total. The maximum atomic E-state index is 12.7. The highest BCUT2D eigenvalue weighted by atomic mass is 16.5. The minimum Gasteiger partial charge on any atom is -0.497 e. The summed E-state index contributed by atoms with van der Waals surface area (Å²) in [6.07, 6.45) is 3.35. The van der Waals surface area contributed by atoms with E-state index in [0.717, 1.165) is 18.0 Å². The normalized spacial score (nSPS) is 18.8. The Labute approximate surface area is 140 Å². The number of carbonyl (C=O) groups excluding carboxylic acids is 1. The summed E-state index contributed by atoms with van der Waals surface area (Å²) in [5, 5.41) is 0. The number of carbonyl (C=O) groups is 1. The van der Waals surface area contributed by atoms with E-state index in [-0.39, 0.29) is 17.6 Å². The van der Waals surface area contributed by atoms with E-state index in [0.29, 0.717) is 19.6 Å². The van der Waals surface area contributed by atoms with Crippen LogP contribution in [0.1, 0.15) is 6.92 Å². The van der Waals surface area contributed by atoms with E-state index >= 15 is 0 Å². The van der Waals surface area contributed by atoms with Crippen LogP contribution in [0.3, 0.4) is 0 Å². The molecule has 1 atom stereocenters. The highest BCUT2D eigenvalue weighted by Crippen LogP contribution is 2.24. The highest BCUT2D eigenvalue weighted by molar-refractivity contribution is 5.97. The number of amides is 1. The number of nitrogens with zero attached hydrogens (tertiary/aromatic N) is 3. The summed E-state index contributed by atoms with van der Waals surface area (Å²) >= 11 is 0. The van der Waals surface area contributed by atoms with Gasteiger partial charge in [-0.3, -0.25) is 14.3 Å². The monoisotopic (exact) mass is 330 g/mol. The van der Waals surface area contributed by atoms with Crippen LogP contribution in [0.5, 0.6) is 5.75 Å². The van der Waals surface area contributed by atoms with Gasteiger partial charge in [-0.15, -0.1) is 0 Å². The molecular formula is C17H22N4O3. The summed E-state index contributed by atoms with van der Waals surface area (Å²) in [4.78, 5) is 30.8. The van der Waals surface area contributed by atoms with Crippen molar-refractivity contribution >= 4 is 11.6 Å². The first-order valence-electron chi connectivity index (χ1n) is 8.03. The Hall–Kier alpha value is -2.54. The summed E-state index contributed by atoms with van der Waals surface area (Å²) in [6.45, 7) is 4.53. The molecule has 1 amide bonds. The van der Waals surface area contributed by atoms with Gasteiger partial charge in [0.25, 0.3) is 0 Å². The lowest BCUT2D eigenvalue weighted by atomic mass is 10.1. The first-order valence-corrected chi connectivity index (χ1v) is 8.03. The second-order valence-electron chi connectivity index (χ2n) is 5.86. The van der Waals surface area contributed by atoms with E-state index in [9.17, 15) is 9.59 Å². The molecule has 24 heavy (non-hydrogen) atoms. The third-order valence-electron chi connectivity index (χ3n) is 4.50. The van der Waals surface area contributed by atoms with Gasteiger partial charge in [0.05, 0.1) is 13.2 Å². The number of methoxy groups -OCH3 is 1. The smallest absolute Gasteiger partial charge is 0.325 e. The number of rotatable bonds is 5. The van der Waals surface area contributed by atoms with Crippen LogP contribution in [0.15, 0.2) is 41.5 Å². The van der Waals surface area contributed by atoms with Crippen LogP contribution in [0.4, 0.5) is 5.69 Å². The largest absolute Gasteiger partial charge is 0.497 e. The molecular weight excluding hydrogens is 308 g/mol. The fourth-order valence-corrected chi connectivity index (χ4v) is 3.02. The lowest BCUT2D eigenvalue weighted by Gasteiger charge is -2.39. The van der Waals surface area contributed by atoms with Gasteiger partial charge in [0.1, 0.15) is 5.75 Å². The third-order valence-corrected chi connectivity index (χ3v) is 4.50. The van der Waals surface area contributed by atoms with Crippen molar-refractivity contribution in [3.8, 4) is 5.75 Å². The predicted molar refractivity (Wildman–Crippen MR) is 91.4 cm³/mol. The standard InChI is InChI=1S/C17H22N4O3/c1-13-16(22)21(14-4-3-5-15(12-14)24-2)11-10-19(13)8-9-20-7-6-18-17(20)23/h3-7,12-13H,8-11H2,1-2H3,(H,18,23)/t13-/m1/s1. The summed E-state index contributed by atoms with van der Waals surface area (Å²) in [6, 6.07) is 7.32. The molecule has 128 valence electrons. The van der Waals surface area contributed by atoms with Crippen LogP contribution in [0.25, 0.3) is 0 Å². The number of imidazole rings is 1. The van der Waals surface area contributed by atoms with Crippen molar-refractivity contribution in [2.75, 3.05) is 31.6 Å². The maximum absolute atomic E-state index is 12.7. The molecule has 0 bridgehead atoms. The van der Waals surface area contributed by atoms with Crippen molar-refractivity contribution in [1.29, 1.82) is 0 Å². The van der Waals surface area contributed by atoms with Crippen molar-refractivity contribution in [3.05, 3.63) is 47.1 Å². The van der Waals surface area contributed by atoms with Gasteiger partial charge in [0, 0.05) is 50.3 Å². The van der Waals surface area contributed by atoms with Crippen LogP contribution in [0.2, 0.25) is 0 Å². The van der Waals surface area contributed by atoms with E-state index in [1.54, 1.807) is 29.0 Å². The number of ether oxygens (including phenoxy) is 1. The molecule has 2 aromatic rings. The Morgan fingerprint density at radius 2 is 2.08 bits per heavy atom. The highest BCUT2D eigenvalue weighted by Gasteiger charge is 2.32. The van der Waals surface area contributed by atoms with Crippen molar-refractivity contribution in [1.82, 2.24) is 14.5 Å². The molecule has 2 heterocycles. The predicted octanol–water partition coefficient (Wildman–Crippen LogP) is 0.922. The first kappa shape index (κ1) is 16.3. The summed E-state index contributed by atoms with van der Waals surface area (Å²) < 4.78 is 6.85. The minimum absolute atomic E-state index is 0.0657. The Morgan fingerprint density at radius 3 is 2.79 bits per heavy atom. The fraction of sp³-hybridized carbons (Fsp3) is 0.412. The number of hydrogen-bond acceptors (Lipinski definition) is 4. The zero-order valence-corrected chi connectivity index (χ0v) is 13.9. The Bertz CT molecular complexity index is 767. The summed E-state index contributed by atoms with van der Waals surface area (Å²) in [5.41, 5.74) is 0.733. The van der Waals surface area contributed by atoms with E-state index in [2.05, 4.69) is 9.88 Å². The second kappa shape index (κ2) is 6.92. The average molecular weight is 330 g/mol. The van der Waals surface area contributed by atoms with Gasteiger partial charge in [-0.2, -0.15) is 0 Å². The molecule has 1 fully saturated rings. The van der Waals surface area contributed by atoms with Gasteiger partial charge in [-0.05, 0) is 19.1 Å². The quantitative estimate of drug-likeness (QED) is 0.885. The lowest BCUT2D eigenvalue weighted by Crippen LogP contribution is -2.56. The summed E-state index contributed by atoms with van der Waals surface area (Å²) in [5.74, 6) is 0.804. The Kier molecular flexibility index (Phi) is 4.71. The van der Waals surface area contributed by atoms with E-state index in [4.69, 9.17) is 4.74 Å². The van der Waals surface area contributed by atoms with Gasteiger partial charge in [-0.1, -0.05) is 6.07 Å². The van der Waals surface area contributed by atoms with E-state index < -0.39 is 0 Å². The lowest BCUT2D eigenvalue weighted by molar-refractivity contribution is -0.125. The molecule has 0 saturated carbocycles. The molecule has 3 rings (SSSR count). The molecule has 1 aromatic heterocycles. The minimum atomic E-state index is -0.223. The number of aromatic nitrogens is 2. The van der Waals surface area contributed by atoms with Gasteiger partial charge < -0.3 is 14.6 Å².